The summed E-state index contributed by atoms with van der Waals surface area (Å²) in [6.07, 6.45) is 4.16. The Morgan fingerprint density at radius 1 is 1.69 bits per heavy atom. The standard InChI is InChI=1S/C7H11NO4S/c1-12-7(8)4-2-6(3-5-7)13(9,10)11/h2-4H,5,8H2,1H3,(H,9,10,11). The zero-order valence-electron chi connectivity index (χ0n) is 7.10. The van der Waals surface area contributed by atoms with Crippen molar-refractivity contribution in [3.8, 4) is 0 Å². The largest absolute Gasteiger partial charge is 0.360 e. The van der Waals surface area contributed by atoms with Gasteiger partial charge in [-0.25, -0.2) is 0 Å². The van der Waals surface area contributed by atoms with E-state index in [9.17, 15) is 8.42 Å². The van der Waals surface area contributed by atoms with Crippen LogP contribution in [0.15, 0.2) is 23.1 Å². The van der Waals surface area contributed by atoms with Crippen LogP contribution >= 0.6 is 0 Å². The van der Waals surface area contributed by atoms with Crippen molar-refractivity contribution in [2.45, 2.75) is 12.1 Å². The molecule has 0 radical (unpaired) electrons. The Morgan fingerprint density at radius 2 is 2.31 bits per heavy atom. The summed E-state index contributed by atoms with van der Waals surface area (Å²) in [5, 5.41) is 0. The second-order valence-corrected chi connectivity index (χ2v) is 4.20. The van der Waals surface area contributed by atoms with E-state index in [0.29, 0.717) is 0 Å². The third-order valence-electron chi connectivity index (χ3n) is 1.83. The maximum absolute atomic E-state index is 10.6. The summed E-state index contributed by atoms with van der Waals surface area (Å²) >= 11 is 0. The van der Waals surface area contributed by atoms with Gasteiger partial charge in [0.2, 0.25) is 0 Å². The van der Waals surface area contributed by atoms with E-state index in [1.165, 1.54) is 25.3 Å². The fourth-order valence-electron chi connectivity index (χ4n) is 0.962. The van der Waals surface area contributed by atoms with Crippen LogP contribution in [-0.4, -0.2) is 25.8 Å². The summed E-state index contributed by atoms with van der Waals surface area (Å²) in [5.74, 6) is 0. The van der Waals surface area contributed by atoms with Gasteiger partial charge in [-0.05, 0) is 12.2 Å². The average Bonchev–Trinajstić information content (AvgIpc) is 2.04. The van der Waals surface area contributed by atoms with Crippen LogP contribution in [0.3, 0.4) is 0 Å². The number of allylic oxidation sites excluding steroid dienone is 1. The number of hydrogen-bond acceptors (Lipinski definition) is 4. The minimum atomic E-state index is -4.12. The van der Waals surface area contributed by atoms with Crippen molar-refractivity contribution in [1.82, 2.24) is 0 Å². The topological polar surface area (TPSA) is 89.6 Å². The lowest BCUT2D eigenvalue weighted by atomic mass is 10.1. The van der Waals surface area contributed by atoms with Gasteiger partial charge in [-0.2, -0.15) is 8.42 Å². The Morgan fingerprint density at radius 3 is 2.62 bits per heavy atom. The summed E-state index contributed by atoms with van der Waals surface area (Å²) in [5.41, 5.74) is 4.67. The predicted octanol–water partition coefficient (Wildman–Crippen LogP) is 0.0194. The van der Waals surface area contributed by atoms with E-state index in [-0.39, 0.29) is 11.3 Å². The van der Waals surface area contributed by atoms with Crippen LogP contribution in [-0.2, 0) is 14.9 Å². The molecule has 5 nitrogen and oxygen atoms in total. The molecule has 0 aromatic rings. The monoisotopic (exact) mass is 205 g/mol. The fourth-order valence-corrected chi connectivity index (χ4v) is 1.50. The van der Waals surface area contributed by atoms with E-state index in [0.717, 1.165) is 0 Å². The third-order valence-corrected chi connectivity index (χ3v) is 2.73. The van der Waals surface area contributed by atoms with Gasteiger partial charge in [0.15, 0.2) is 0 Å². The normalized spacial score (nSPS) is 28.7. The second-order valence-electron chi connectivity index (χ2n) is 2.78. The number of ether oxygens (including phenoxy) is 1. The van der Waals surface area contributed by atoms with E-state index >= 15 is 0 Å². The summed E-state index contributed by atoms with van der Waals surface area (Å²) in [4.78, 5) is -0.148. The number of hydrogen-bond donors (Lipinski definition) is 2. The first-order chi connectivity index (χ1) is 5.87. The average molecular weight is 205 g/mol. The molecule has 0 amide bonds. The summed E-state index contributed by atoms with van der Waals surface area (Å²) in [6, 6.07) is 0. The zero-order valence-corrected chi connectivity index (χ0v) is 7.91. The molecule has 0 aromatic carbocycles. The van der Waals surface area contributed by atoms with Crippen LogP contribution in [0.2, 0.25) is 0 Å². The Kier molecular flexibility index (Phi) is 2.58. The van der Waals surface area contributed by atoms with Crippen molar-refractivity contribution in [3.63, 3.8) is 0 Å². The fraction of sp³-hybridized carbons (Fsp3) is 0.429. The molecule has 0 aromatic heterocycles. The SMILES string of the molecule is COC1(N)C=CC(S(=O)(=O)O)=CC1. The number of methoxy groups -OCH3 is 1. The molecule has 13 heavy (non-hydrogen) atoms. The van der Waals surface area contributed by atoms with Crippen LogP contribution in [0.25, 0.3) is 0 Å². The van der Waals surface area contributed by atoms with Gasteiger partial charge in [-0.1, -0.05) is 6.08 Å². The lowest BCUT2D eigenvalue weighted by molar-refractivity contribution is 0.0395. The van der Waals surface area contributed by atoms with Gasteiger partial charge in [0, 0.05) is 13.5 Å². The Hall–Kier alpha value is -0.690. The van der Waals surface area contributed by atoms with Crippen molar-refractivity contribution in [3.05, 3.63) is 23.1 Å². The quantitative estimate of drug-likeness (QED) is 0.490. The number of rotatable bonds is 2. The van der Waals surface area contributed by atoms with E-state index in [4.69, 9.17) is 15.0 Å². The highest BCUT2D eigenvalue weighted by atomic mass is 32.2. The lowest BCUT2D eigenvalue weighted by Crippen LogP contribution is -2.40. The molecular weight excluding hydrogens is 194 g/mol. The highest BCUT2D eigenvalue weighted by molar-refractivity contribution is 7.90. The first kappa shape index (κ1) is 10.4. The summed E-state index contributed by atoms with van der Waals surface area (Å²) in [7, 11) is -2.69. The van der Waals surface area contributed by atoms with Crippen molar-refractivity contribution in [2.75, 3.05) is 7.11 Å². The number of nitrogens with two attached hydrogens (primary N) is 1. The van der Waals surface area contributed by atoms with Crippen LogP contribution < -0.4 is 5.73 Å². The Balaban J connectivity index is 2.89. The smallest absolute Gasteiger partial charge is 0.294 e. The molecule has 0 saturated heterocycles. The molecule has 0 heterocycles. The molecule has 6 heteroatoms. The molecule has 1 aliphatic rings. The molecule has 1 unspecified atom stereocenters. The third kappa shape index (κ3) is 2.38. The van der Waals surface area contributed by atoms with Crippen molar-refractivity contribution in [1.29, 1.82) is 0 Å². The van der Waals surface area contributed by atoms with Crippen LogP contribution in [0.5, 0.6) is 0 Å². The second kappa shape index (κ2) is 3.22. The molecule has 0 aliphatic heterocycles. The zero-order chi connectivity index (χ0) is 10.1. The first-order valence-corrected chi connectivity index (χ1v) is 5.02. The molecule has 0 fully saturated rings. The maximum atomic E-state index is 10.6. The van der Waals surface area contributed by atoms with Gasteiger partial charge in [0.1, 0.15) is 5.72 Å². The van der Waals surface area contributed by atoms with Crippen molar-refractivity contribution < 1.29 is 17.7 Å². The molecule has 1 rings (SSSR count). The van der Waals surface area contributed by atoms with Gasteiger partial charge >= 0.3 is 0 Å². The molecular formula is C7H11NO4S. The van der Waals surface area contributed by atoms with Gasteiger partial charge < -0.3 is 4.74 Å². The Bertz CT molecular complexity index is 357. The molecule has 0 bridgehead atoms. The van der Waals surface area contributed by atoms with Crippen molar-refractivity contribution in [2.24, 2.45) is 5.73 Å². The molecule has 74 valence electrons. The van der Waals surface area contributed by atoms with E-state index in [1.807, 2.05) is 0 Å². The van der Waals surface area contributed by atoms with Crippen LogP contribution in [0, 0.1) is 0 Å². The van der Waals surface area contributed by atoms with Gasteiger partial charge in [0.25, 0.3) is 10.1 Å². The molecule has 0 saturated carbocycles. The van der Waals surface area contributed by atoms with Crippen LogP contribution in [0.1, 0.15) is 6.42 Å². The van der Waals surface area contributed by atoms with Crippen molar-refractivity contribution >= 4 is 10.1 Å². The maximum Gasteiger partial charge on any atom is 0.294 e. The highest BCUT2D eigenvalue weighted by Gasteiger charge is 2.25. The minimum absolute atomic E-state index is 0.148. The van der Waals surface area contributed by atoms with Gasteiger partial charge in [0.05, 0.1) is 4.91 Å². The Labute approximate surface area is 76.6 Å². The molecule has 1 aliphatic carbocycles. The summed E-state index contributed by atoms with van der Waals surface area (Å²) in [6.45, 7) is 0. The lowest BCUT2D eigenvalue weighted by Gasteiger charge is -2.25. The van der Waals surface area contributed by atoms with E-state index < -0.39 is 15.8 Å². The molecule has 0 spiro atoms. The van der Waals surface area contributed by atoms with E-state index in [2.05, 4.69) is 0 Å². The predicted molar refractivity (Wildman–Crippen MR) is 47.3 cm³/mol. The van der Waals surface area contributed by atoms with Gasteiger partial charge in [-0.3, -0.25) is 10.3 Å². The van der Waals surface area contributed by atoms with Gasteiger partial charge in [-0.15, -0.1) is 0 Å². The van der Waals surface area contributed by atoms with Crippen LogP contribution in [0.4, 0.5) is 0 Å². The highest BCUT2D eigenvalue weighted by Crippen LogP contribution is 2.21. The molecule has 3 N–H and O–H groups in total. The van der Waals surface area contributed by atoms with E-state index in [1.54, 1.807) is 0 Å². The summed E-state index contributed by atoms with van der Waals surface area (Å²) < 4.78 is 34.8. The minimum Gasteiger partial charge on any atom is -0.360 e. The first-order valence-electron chi connectivity index (χ1n) is 3.58. The molecule has 1 atom stereocenters.